The second-order valence-electron chi connectivity index (χ2n) is 5.90. The van der Waals surface area contributed by atoms with Gasteiger partial charge in [0.1, 0.15) is 0 Å². The largest absolute Gasteiger partial charge is 0.394 e. The highest BCUT2D eigenvalue weighted by Crippen LogP contribution is 2.27. The van der Waals surface area contributed by atoms with Gasteiger partial charge in [-0.25, -0.2) is 0 Å². The predicted molar refractivity (Wildman–Crippen MR) is 82.3 cm³/mol. The van der Waals surface area contributed by atoms with E-state index in [1.165, 1.54) is 37.2 Å². The molecule has 1 rings (SSSR count). The first-order chi connectivity index (χ1) is 8.65. The molecule has 18 heavy (non-hydrogen) atoms. The molecule has 0 amide bonds. The summed E-state index contributed by atoms with van der Waals surface area (Å²) in [5, 5.41) is 13.3. The molecule has 0 heterocycles. The van der Waals surface area contributed by atoms with Crippen LogP contribution in [0.5, 0.6) is 0 Å². The minimum Gasteiger partial charge on any atom is -0.394 e. The second kappa shape index (κ2) is 8.44. The van der Waals surface area contributed by atoms with Crippen molar-refractivity contribution in [3.8, 4) is 0 Å². The molecule has 1 fully saturated rings. The summed E-state index contributed by atoms with van der Waals surface area (Å²) in [4.78, 5) is 0. The van der Waals surface area contributed by atoms with Crippen LogP contribution >= 0.6 is 11.8 Å². The van der Waals surface area contributed by atoms with Crippen LogP contribution < -0.4 is 5.32 Å². The minimum absolute atomic E-state index is 0.00189. The number of thioether (sulfide) groups is 1. The van der Waals surface area contributed by atoms with Crippen molar-refractivity contribution < 1.29 is 5.11 Å². The Hall–Kier alpha value is 0.270. The van der Waals surface area contributed by atoms with Crippen molar-refractivity contribution in [3.63, 3.8) is 0 Å². The molecule has 0 bridgehead atoms. The molecule has 0 aromatic carbocycles. The van der Waals surface area contributed by atoms with Gasteiger partial charge in [0.15, 0.2) is 0 Å². The Kier molecular flexibility index (Phi) is 7.66. The van der Waals surface area contributed by atoms with Gasteiger partial charge in [0, 0.05) is 11.6 Å². The molecule has 0 saturated heterocycles. The van der Waals surface area contributed by atoms with E-state index in [0.29, 0.717) is 6.04 Å². The third kappa shape index (κ3) is 5.94. The van der Waals surface area contributed by atoms with Crippen molar-refractivity contribution in [3.05, 3.63) is 0 Å². The van der Waals surface area contributed by atoms with Crippen LogP contribution in [-0.2, 0) is 0 Å². The van der Waals surface area contributed by atoms with Crippen LogP contribution in [0.25, 0.3) is 0 Å². The maximum Gasteiger partial charge on any atom is 0.0613 e. The smallest absolute Gasteiger partial charge is 0.0613 e. The normalized spacial score (nSPS) is 20.7. The highest BCUT2D eigenvalue weighted by atomic mass is 32.2. The summed E-state index contributed by atoms with van der Waals surface area (Å²) in [6, 6.07) is 0.685. The lowest BCUT2D eigenvalue weighted by Crippen LogP contribution is -2.49. The monoisotopic (exact) mass is 273 g/mol. The zero-order valence-corrected chi connectivity index (χ0v) is 13.2. The highest BCUT2D eigenvalue weighted by Gasteiger charge is 2.33. The second-order valence-corrected chi connectivity index (χ2v) is 7.05. The number of aliphatic hydroxyl groups is 1. The van der Waals surface area contributed by atoms with Crippen molar-refractivity contribution >= 4 is 11.8 Å². The van der Waals surface area contributed by atoms with Crippen molar-refractivity contribution in [2.24, 2.45) is 5.92 Å². The topological polar surface area (TPSA) is 32.3 Å². The molecule has 2 N–H and O–H groups in total. The van der Waals surface area contributed by atoms with Gasteiger partial charge in [-0.2, -0.15) is 11.8 Å². The highest BCUT2D eigenvalue weighted by molar-refractivity contribution is 7.99. The molecule has 1 aliphatic rings. The molecule has 0 spiro atoms. The summed E-state index contributed by atoms with van der Waals surface area (Å²) in [6.45, 7) is 7.07. The Morgan fingerprint density at radius 2 is 2.11 bits per heavy atom. The van der Waals surface area contributed by atoms with Crippen LogP contribution in [0.3, 0.4) is 0 Å². The van der Waals surface area contributed by atoms with E-state index >= 15 is 0 Å². The molecule has 0 aromatic heterocycles. The molecule has 1 saturated carbocycles. The van der Waals surface area contributed by atoms with Gasteiger partial charge in [-0.1, -0.05) is 27.2 Å². The van der Waals surface area contributed by atoms with Gasteiger partial charge < -0.3 is 10.4 Å². The Morgan fingerprint density at radius 1 is 1.39 bits per heavy atom. The van der Waals surface area contributed by atoms with Crippen molar-refractivity contribution in [2.45, 2.75) is 70.9 Å². The standard InChI is InChI=1S/C15H31NOS/c1-4-13(3)11-18-10-6-9-15(5-2,12-17)16-14-7-8-14/h13-14,16-17H,4-12H2,1-3H3. The Morgan fingerprint density at radius 3 is 2.61 bits per heavy atom. The van der Waals surface area contributed by atoms with Crippen LogP contribution in [0.1, 0.15) is 59.3 Å². The zero-order valence-electron chi connectivity index (χ0n) is 12.4. The van der Waals surface area contributed by atoms with Crippen LogP contribution in [-0.4, -0.2) is 34.8 Å². The van der Waals surface area contributed by atoms with E-state index in [-0.39, 0.29) is 12.1 Å². The van der Waals surface area contributed by atoms with Gasteiger partial charge in [0.25, 0.3) is 0 Å². The number of nitrogens with one attached hydrogen (secondary N) is 1. The van der Waals surface area contributed by atoms with Gasteiger partial charge >= 0.3 is 0 Å². The Balaban J connectivity index is 2.16. The van der Waals surface area contributed by atoms with Crippen LogP contribution in [0.2, 0.25) is 0 Å². The Labute approximate surface area is 117 Å². The number of hydrogen-bond donors (Lipinski definition) is 2. The van der Waals surface area contributed by atoms with Crippen molar-refractivity contribution in [1.29, 1.82) is 0 Å². The van der Waals surface area contributed by atoms with Gasteiger partial charge in [-0.15, -0.1) is 0 Å². The molecule has 2 atom stereocenters. The van der Waals surface area contributed by atoms with E-state index in [0.717, 1.165) is 18.8 Å². The van der Waals surface area contributed by atoms with Gasteiger partial charge in [0.2, 0.25) is 0 Å². The molecule has 1 aliphatic carbocycles. The van der Waals surface area contributed by atoms with Gasteiger partial charge in [0.05, 0.1) is 6.61 Å². The van der Waals surface area contributed by atoms with E-state index in [9.17, 15) is 5.11 Å². The first-order valence-electron chi connectivity index (χ1n) is 7.62. The molecular weight excluding hydrogens is 242 g/mol. The predicted octanol–water partition coefficient (Wildman–Crippen LogP) is 3.44. The summed E-state index contributed by atoms with van der Waals surface area (Å²) in [5.41, 5.74) is -0.00189. The lowest BCUT2D eigenvalue weighted by molar-refractivity contribution is 0.144. The van der Waals surface area contributed by atoms with Crippen molar-refractivity contribution in [1.82, 2.24) is 5.32 Å². The van der Waals surface area contributed by atoms with E-state index in [1.54, 1.807) is 0 Å². The maximum absolute atomic E-state index is 9.67. The van der Waals surface area contributed by atoms with Crippen LogP contribution in [0.4, 0.5) is 0 Å². The quantitative estimate of drug-likeness (QED) is 0.566. The van der Waals surface area contributed by atoms with E-state index in [1.807, 2.05) is 0 Å². The first-order valence-corrected chi connectivity index (χ1v) is 8.77. The Bertz CT molecular complexity index is 215. The molecule has 0 radical (unpaired) electrons. The fourth-order valence-corrected chi connectivity index (χ4v) is 3.32. The van der Waals surface area contributed by atoms with E-state index in [2.05, 4.69) is 37.8 Å². The number of hydrogen-bond acceptors (Lipinski definition) is 3. The average Bonchev–Trinajstić information content (AvgIpc) is 3.20. The molecular formula is C15H31NOS. The summed E-state index contributed by atoms with van der Waals surface area (Å²) in [5.74, 6) is 3.36. The third-order valence-electron chi connectivity index (χ3n) is 4.11. The van der Waals surface area contributed by atoms with Crippen LogP contribution in [0, 0.1) is 5.92 Å². The van der Waals surface area contributed by atoms with Crippen LogP contribution in [0.15, 0.2) is 0 Å². The van der Waals surface area contributed by atoms with Crippen molar-refractivity contribution in [2.75, 3.05) is 18.1 Å². The first kappa shape index (κ1) is 16.3. The van der Waals surface area contributed by atoms with E-state index in [4.69, 9.17) is 0 Å². The van der Waals surface area contributed by atoms with Gasteiger partial charge in [-0.3, -0.25) is 0 Å². The molecule has 2 nitrogen and oxygen atoms in total. The molecule has 0 aromatic rings. The fraction of sp³-hybridized carbons (Fsp3) is 1.00. The summed E-state index contributed by atoms with van der Waals surface area (Å²) < 4.78 is 0. The molecule has 3 heteroatoms. The SMILES string of the molecule is CCC(C)CSCCCC(CC)(CO)NC1CC1. The molecule has 108 valence electrons. The van der Waals surface area contributed by atoms with Gasteiger partial charge in [-0.05, 0) is 49.5 Å². The number of rotatable bonds is 11. The lowest BCUT2D eigenvalue weighted by atomic mass is 9.91. The number of aliphatic hydroxyl groups excluding tert-OH is 1. The minimum atomic E-state index is -0.00189. The average molecular weight is 273 g/mol. The van der Waals surface area contributed by atoms with E-state index < -0.39 is 0 Å². The third-order valence-corrected chi connectivity index (χ3v) is 5.49. The lowest BCUT2D eigenvalue weighted by Gasteiger charge is -2.32. The zero-order chi connectivity index (χ0) is 13.4. The summed E-state index contributed by atoms with van der Waals surface area (Å²) in [7, 11) is 0. The maximum atomic E-state index is 9.67. The molecule has 0 aliphatic heterocycles. The fourth-order valence-electron chi connectivity index (χ4n) is 2.16. The summed E-state index contributed by atoms with van der Waals surface area (Å²) >= 11 is 2.07. The summed E-state index contributed by atoms with van der Waals surface area (Å²) in [6.07, 6.45) is 7.25. The molecule has 2 unspecified atom stereocenters.